The van der Waals surface area contributed by atoms with Gasteiger partial charge in [0.15, 0.2) is 0 Å². The molecule has 1 aromatic carbocycles. The van der Waals surface area contributed by atoms with E-state index in [0.29, 0.717) is 19.0 Å². The summed E-state index contributed by atoms with van der Waals surface area (Å²) < 4.78 is 35.9. The van der Waals surface area contributed by atoms with E-state index >= 15 is 0 Å². The Kier molecular flexibility index (Phi) is 5.79. The lowest BCUT2D eigenvalue weighted by Crippen LogP contribution is -2.23. The molecule has 0 bridgehead atoms. The molecule has 0 saturated heterocycles. The normalized spacial score (nSPS) is 13.4. The molecule has 1 rings (SSSR count). The second-order valence-corrected chi connectivity index (χ2v) is 6.73. The number of nitrogens with two attached hydrogens (primary N) is 1. The number of sulfonamides is 1. The Morgan fingerprint density at radius 1 is 1.35 bits per heavy atom. The lowest BCUT2D eigenvalue weighted by Gasteiger charge is -2.17. The van der Waals surface area contributed by atoms with Crippen LogP contribution in [-0.2, 0) is 14.8 Å². The summed E-state index contributed by atoms with van der Waals surface area (Å²) in [6.45, 7) is 4.83. The van der Waals surface area contributed by atoms with Gasteiger partial charge >= 0.3 is 0 Å². The van der Waals surface area contributed by atoms with Gasteiger partial charge in [0, 0.05) is 20.7 Å². The molecule has 0 aliphatic rings. The molecule has 2 N–H and O–H groups in total. The fraction of sp³-hybridized carbons (Fsp3) is 0.538. The molecule has 0 amide bonds. The van der Waals surface area contributed by atoms with E-state index in [0.717, 1.165) is 4.31 Å². The summed E-state index contributed by atoms with van der Waals surface area (Å²) in [7, 11) is -0.541. The monoisotopic (exact) mass is 302 g/mol. The molecule has 0 aliphatic carbocycles. The standard InChI is InChI=1S/C13H22N2O4S/c1-5-18-9-10(2)19-13-7-6-11(8-12(13)14)20(16,17)15(3)4/h6-8,10H,5,9,14H2,1-4H3. The number of nitrogen functional groups attached to an aromatic ring is 1. The first-order valence-electron chi connectivity index (χ1n) is 6.35. The van der Waals surface area contributed by atoms with Crippen LogP contribution in [0.15, 0.2) is 23.1 Å². The second kappa shape index (κ2) is 6.92. The van der Waals surface area contributed by atoms with Crippen LogP contribution in [0.25, 0.3) is 0 Å². The number of hydrogen-bond donors (Lipinski definition) is 1. The molecule has 6 nitrogen and oxygen atoms in total. The molecule has 0 spiro atoms. The van der Waals surface area contributed by atoms with Crippen LogP contribution in [-0.4, -0.2) is 46.1 Å². The van der Waals surface area contributed by atoms with Crippen molar-refractivity contribution in [3.05, 3.63) is 18.2 Å². The molecule has 0 aromatic heterocycles. The second-order valence-electron chi connectivity index (χ2n) is 4.57. The van der Waals surface area contributed by atoms with E-state index in [9.17, 15) is 8.42 Å². The van der Waals surface area contributed by atoms with Crippen molar-refractivity contribution in [1.82, 2.24) is 4.31 Å². The topological polar surface area (TPSA) is 81.9 Å². The quantitative estimate of drug-likeness (QED) is 0.768. The van der Waals surface area contributed by atoms with Crippen LogP contribution in [0.2, 0.25) is 0 Å². The minimum atomic E-state index is -3.49. The van der Waals surface area contributed by atoms with Crippen molar-refractivity contribution >= 4 is 15.7 Å². The summed E-state index contributed by atoms with van der Waals surface area (Å²) in [4.78, 5) is 0.143. The molecular formula is C13H22N2O4S. The third kappa shape index (κ3) is 4.09. The van der Waals surface area contributed by atoms with Gasteiger partial charge in [0.2, 0.25) is 10.0 Å². The smallest absolute Gasteiger partial charge is 0.242 e. The molecular weight excluding hydrogens is 280 g/mol. The molecule has 1 atom stereocenters. The molecule has 0 heterocycles. The minimum absolute atomic E-state index is 0.143. The fourth-order valence-electron chi connectivity index (χ4n) is 1.54. The zero-order valence-corrected chi connectivity index (χ0v) is 13.1. The van der Waals surface area contributed by atoms with Crippen molar-refractivity contribution in [3.63, 3.8) is 0 Å². The van der Waals surface area contributed by atoms with Crippen LogP contribution in [0.3, 0.4) is 0 Å². The van der Waals surface area contributed by atoms with Gasteiger partial charge in [0.1, 0.15) is 11.9 Å². The Morgan fingerprint density at radius 3 is 2.50 bits per heavy atom. The maximum atomic E-state index is 12.0. The molecule has 7 heteroatoms. The van der Waals surface area contributed by atoms with Crippen LogP contribution in [0.5, 0.6) is 5.75 Å². The van der Waals surface area contributed by atoms with Gasteiger partial charge < -0.3 is 15.2 Å². The Hall–Kier alpha value is -1.31. The number of anilines is 1. The highest BCUT2D eigenvalue weighted by atomic mass is 32.2. The van der Waals surface area contributed by atoms with Gasteiger partial charge in [0.05, 0.1) is 17.2 Å². The van der Waals surface area contributed by atoms with Gasteiger partial charge in [-0.25, -0.2) is 12.7 Å². The highest BCUT2D eigenvalue weighted by Crippen LogP contribution is 2.26. The van der Waals surface area contributed by atoms with Crippen molar-refractivity contribution in [2.45, 2.75) is 24.8 Å². The van der Waals surface area contributed by atoms with Gasteiger partial charge in [-0.05, 0) is 32.0 Å². The fourth-order valence-corrected chi connectivity index (χ4v) is 2.48. The molecule has 20 heavy (non-hydrogen) atoms. The summed E-state index contributed by atoms with van der Waals surface area (Å²) in [5.41, 5.74) is 6.13. The summed E-state index contributed by atoms with van der Waals surface area (Å²) in [6, 6.07) is 4.45. The van der Waals surface area contributed by atoms with E-state index < -0.39 is 10.0 Å². The lowest BCUT2D eigenvalue weighted by molar-refractivity contribution is 0.0661. The Labute approximate surface area is 120 Å². The third-order valence-corrected chi connectivity index (χ3v) is 4.46. The van der Waals surface area contributed by atoms with Crippen LogP contribution >= 0.6 is 0 Å². The molecule has 1 unspecified atom stereocenters. The first-order chi connectivity index (χ1) is 9.28. The zero-order chi connectivity index (χ0) is 15.3. The first-order valence-corrected chi connectivity index (χ1v) is 7.79. The predicted molar refractivity (Wildman–Crippen MR) is 78.3 cm³/mol. The van der Waals surface area contributed by atoms with Gasteiger partial charge in [-0.3, -0.25) is 0 Å². The maximum Gasteiger partial charge on any atom is 0.242 e. The van der Waals surface area contributed by atoms with E-state index in [2.05, 4.69) is 0 Å². The number of benzene rings is 1. The van der Waals surface area contributed by atoms with Gasteiger partial charge in [-0.1, -0.05) is 0 Å². The summed E-state index contributed by atoms with van der Waals surface area (Å²) in [6.07, 6.45) is -0.159. The first kappa shape index (κ1) is 16.7. The Balaban J connectivity index is 2.89. The molecule has 0 radical (unpaired) electrons. The third-order valence-electron chi connectivity index (χ3n) is 2.64. The Bertz CT molecular complexity index is 543. The Morgan fingerprint density at radius 2 is 2.00 bits per heavy atom. The van der Waals surface area contributed by atoms with E-state index in [1.54, 1.807) is 6.07 Å². The number of hydrogen-bond acceptors (Lipinski definition) is 5. The van der Waals surface area contributed by atoms with Crippen LogP contribution < -0.4 is 10.5 Å². The average Bonchev–Trinajstić information content (AvgIpc) is 2.38. The van der Waals surface area contributed by atoms with Crippen molar-refractivity contribution in [2.75, 3.05) is 33.0 Å². The molecule has 0 fully saturated rings. The summed E-state index contributed by atoms with van der Waals surface area (Å²) >= 11 is 0. The minimum Gasteiger partial charge on any atom is -0.486 e. The van der Waals surface area contributed by atoms with E-state index in [1.807, 2.05) is 13.8 Å². The number of ether oxygens (including phenoxy) is 2. The van der Waals surface area contributed by atoms with Crippen LogP contribution in [0, 0.1) is 0 Å². The number of rotatable bonds is 7. The number of nitrogens with zero attached hydrogens (tertiary/aromatic N) is 1. The average molecular weight is 302 g/mol. The largest absolute Gasteiger partial charge is 0.486 e. The highest BCUT2D eigenvalue weighted by Gasteiger charge is 2.18. The van der Waals surface area contributed by atoms with Crippen LogP contribution in [0.4, 0.5) is 5.69 Å². The van der Waals surface area contributed by atoms with Gasteiger partial charge in [0.25, 0.3) is 0 Å². The highest BCUT2D eigenvalue weighted by molar-refractivity contribution is 7.89. The molecule has 0 aliphatic heterocycles. The molecule has 1 aromatic rings. The van der Waals surface area contributed by atoms with Gasteiger partial charge in [-0.15, -0.1) is 0 Å². The molecule has 114 valence electrons. The molecule has 0 saturated carbocycles. The summed E-state index contributed by atoms with van der Waals surface area (Å²) in [5, 5.41) is 0. The predicted octanol–water partition coefficient (Wildman–Crippen LogP) is 1.32. The van der Waals surface area contributed by atoms with Crippen molar-refractivity contribution in [1.29, 1.82) is 0 Å². The van der Waals surface area contributed by atoms with Crippen LogP contribution in [0.1, 0.15) is 13.8 Å². The van der Waals surface area contributed by atoms with E-state index in [1.165, 1.54) is 26.2 Å². The SMILES string of the molecule is CCOCC(C)Oc1ccc(S(=O)(=O)N(C)C)cc1N. The van der Waals surface area contributed by atoms with Crippen molar-refractivity contribution < 1.29 is 17.9 Å². The van der Waals surface area contributed by atoms with Crippen molar-refractivity contribution in [3.8, 4) is 5.75 Å². The lowest BCUT2D eigenvalue weighted by atomic mass is 10.3. The van der Waals surface area contributed by atoms with Gasteiger partial charge in [-0.2, -0.15) is 0 Å². The van der Waals surface area contributed by atoms with E-state index in [-0.39, 0.29) is 16.7 Å². The maximum absolute atomic E-state index is 12.0. The van der Waals surface area contributed by atoms with E-state index in [4.69, 9.17) is 15.2 Å². The summed E-state index contributed by atoms with van der Waals surface area (Å²) in [5.74, 6) is 0.454. The van der Waals surface area contributed by atoms with Crippen molar-refractivity contribution in [2.24, 2.45) is 0 Å². The zero-order valence-electron chi connectivity index (χ0n) is 12.3.